The molecule has 0 amide bonds. The maximum absolute atomic E-state index is 14.2. The van der Waals surface area contributed by atoms with Gasteiger partial charge in [-0.25, -0.2) is 0 Å². The molecule has 0 saturated heterocycles. The Kier molecular flexibility index (Phi) is 3.99. The molecule has 26 heavy (non-hydrogen) atoms. The summed E-state index contributed by atoms with van der Waals surface area (Å²) in [6, 6.07) is 0. The summed E-state index contributed by atoms with van der Waals surface area (Å²) in [6.07, 6.45) is -10.2. The molecule has 0 aromatic heterocycles. The number of dihydropyridines is 1. The summed E-state index contributed by atoms with van der Waals surface area (Å²) in [4.78, 5) is 3.73. The number of aliphatic imine (C=N–C) groups is 1. The first-order valence-corrected chi connectivity index (χ1v) is 8.58. The lowest BCUT2D eigenvalue weighted by Crippen LogP contribution is -2.83. The minimum Gasteiger partial charge on any atom is -0.270 e. The van der Waals surface area contributed by atoms with Gasteiger partial charge in [0.25, 0.3) is 0 Å². The van der Waals surface area contributed by atoms with Gasteiger partial charge in [-0.05, 0) is 16.4 Å². The van der Waals surface area contributed by atoms with Crippen molar-refractivity contribution in [1.82, 2.24) is 0 Å². The minimum atomic E-state index is -5.13. The van der Waals surface area contributed by atoms with Crippen molar-refractivity contribution in [2.45, 2.75) is 80.2 Å². The Bertz CT molecular complexity index is 688. The van der Waals surface area contributed by atoms with Crippen LogP contribution < -0.4 is 0 Å². The van der Waals surface area contributed by atoms with Gasteiger partial charge in [0.05, 0.1) is 11.0 Å². The summed E-state index contributed by atoms with van der Waals surface area (Å²) >= 11 is 0. The normalized spacial score (nSPS) is 30.5. The number of halogens is 6. The Morgan fingerprint density at radius 1 is 0.654 bits per heavy atom. The van der Waals surface area contributed by atoms with Crippen molar-refractivity contribution in [3.63, 3.8) is 0 Å². The fraction of sp³-hybridized carbons (Fsp3) is 0.842. The van der Waals surface area contributed by atoms with Gasteiger partial charge < -0.3 is 0 Å². The summed E-state index contributed by atoms with van der Waals surface area (Å²) < 4.78 is 84.3. The van der Waals surface area contributed by atoms with Crippen molar-refractivity contribution < 1.29 is 26.3 Å². The first kappa shape index (κ1) is 21.3. The Balaban J connectivity index is 3.07. The van der Waals surface area contributed by atoms with Crippen LogP contribution in [-0.4, -0.2) is 23.6 Å². The van der Waals surface area contributed by atoms with Gasteiger partial charge in [-0.2, -0.15) is 26.3 Å². The summed E-state index contributed by atoms with van der Waals surface area (Å²) in [7, 11) is 0. The fourth-order valence-corrected chi connectivity index (χ4v) is 5.01. The monoisotopic (exact) mass is 383 g/mol. The quantitative estimate of drug-likeness (QED) is 0.324. The fourth-order valence-electron chi connectivity index (χ4n) is 5.01. The van der Waals surface area contributed by atoms with Crippen LogP contribution in [0.4, 0.5) is 26.3 Å². The third-order valence-corrected chi connectivity index (χ3v) is 5.44. The smallest absolute Gasteiger partial charge is 0.270 e. The molecule has 1 nitrogen and oxygen atoms in total. The highest BCUT2D eigenvalue weighted by atomic mass is 19.4. The highest BCUT2D eigenvalue weighted by molar-refractivity contribution is 6.08. The molecule has 2 atom stereocenters. The molecule has 0 bridgehead atoms. The molecule has 150 valence electrons. The summed E-state index contributed by atoms with van der Waals surface area (Å²) in [5.41, 5.74) is -9.48. The van der Waals surface area contributed by atoms with E-state index in [1.54, 1.807) is 62.3 Å². The van der Waals surface area contributed by atoms with Gasteiger partial charge in [0.2, 0.25) is 5.54 Å². The number of nitrogens with zero attached hydrogens (tertiary/aromatic N) is 1. The molecular formula is C19H27F6N. The third kappa shape index (κ3) is 2.21. The first-order chi connectivity index (χ1) is 11.1. The molecule has 7 heteroatoms. The van der Waals surface area contributed by atoms with E-state index in [0.717, 1.165) is 0 Å². The second kappa shape index (κ2) is 4.88. The van der Waals surface area contributed by atoms with E-state index in [2.05, 4.69) is 4.99 Å². The molecule has 0 aromatic carbocycles. The van der Waals surface area contributed by atoms with E-state index in [1.165, 1.54) is 0 Å². The maximum atomic E-state index is 14.2. The zero-order valence-corrected chi connectivity index (χ0v) is 16.7. The van der Waals surface area contributed by atoms with E-state index >= 15 is 0 Å². The van der Waals surface area contributed by atoms with Crippen LogP contribution in [0.15, 0.2) is 16.1 Å². The Hall–Kier alpha value is -1.01. The molecule has 1 aliphatic heterocycles. The molecule has 0 saturated carbocycles. The SMILES string of the molecule is CC(C)(C)C1=N[C@]2(C(F)(F)F)C(C(F)(F)F)=C(C(C)(C)C)[C@]12C(C)(C)C. The van der Waals surface area contributed by atoms with Crippen LogP contribution in [0, 0.1) is 21.7 Å². The van der Waals surface area contributed by atoms with Crippen LogP contribution in [0.2, 0.25) is 0 Å². The second-order valence-corrected chi connectivity index (χ2v) is 10.4. The molecule has 0 fully saturated rings. The zero-order valence-electron chi connectivity index (χ0n) is 16.7. The van der Waals surface area contributed by atoms with Gasteiger partial charge in [0.1, 0.15) is 0 Å². The largest absolute Gasteiger partial charge is 0.419 e. The van der Waals surface area contributed by atoms with Crippen molar-refractivity contribution >= 4 is 5.71 Å². The Morgan fingerprint density at radius 3 is 1.31 bits per heavy atom. The Labute approximate surface area is 150 Å². The van der Waals surface area contributed by atoms with Gasteiger partial charge in [-0.3, -0.25) is 4.99 Å². The van der Waals surface area contributed by atoms with E-state index in [-0.39, 0.29) is 11.3 Å². The van der Waals surface area contributed by atoms with Crippen LogP contribution in [-0.2, 0) is 0 Å². The average molecular weight is 383 g/mol. The third-order valence-electron chi connectivity index (χ3n) is 5.44. The van der Waals surface area contributed by atoms with Crippen LogP contribution in [0.5, 0.6) is 0 Å². The van der Waals surface area contributed by atoms with E-state index in [0.29, 0.717) is 0 Å². The van der Waals surface area contributed by atoms with Crippen LogP contribution in [0.3, 0.4) is 0 Å². The van der Waals surface area contributed by atoms with Crippen molar-refractivity contribution in [3.05, 3.63) is 11.1 Å². The summed E-state index contributed by atoms with van der Waals surface area (Å²) in [6.45, 7) is 14.5. The highest BCUT2D eigenvalue weighted by Gasteiger charge is 2.90. The standard InChI is InChI=1S/C19H27F6N/c1-13(2,3)10-11(18(20,21)22)17(19(23,24)25)16(10,15(7,8)9)12(26-17)14(4,5)6/h1-9H3/t16-,17-/m1/s1. The zero-order chi connectivity index (χ0) is 20.9. The van der Waals surface area contributed by atoms with Crippen LogP contribution in [0.25, 0.3) is 0 Å². The molecular weight excluding hydrogens is 356 g/mol. The molecule has 0 N–H and O–H groups in total. The van der Waals surface area contributed by atoms with Crippen LogP contribution in [0.1, 0.15) is 62.3 Å². The molecule has 2 aliphatic rings. The van der Waals surface area contributed by atoms with Gasteiger partial charge in [-0.15, -0.1) is 0 Å². The van der Waals surface area contributed by atoms with Gasteiger partial charge in [0, 0.05) is 11.1 Å². The molecule has 0 unspecified atom stereocenters. The molecule has 1 aliphatic carbocycles. The number of alkyl halides is 6. The summed E-state index contributed by atoms with van der Waals surface area (Å²) in [5, 5.41) is 0. The molecule has 0 spiro atoms. The molecule has 0 aromatic rings. The second-order valence-electron chi connectivity index (χ2n) is 10.4. The van der Waals surface area contributed by atoms with Gasteiger partial charge >= 0.3 is 12.4 Å². The molecule has 2 rings (SSSR count). The van der Waals surface area contributed by atoms with E-state index in [9.17, 15) is 26.3 Å². The highest BCUT2D eigenvalue weighted by Crippen LogP contribution is 2.80. The van der Waals surface area contributed by atoms with E-state index < -0.39 is 45.1 Å². The first-order valence-electron chi connectivity index (χ1n) is 8.58. The van der Waals surface area contributed by atoms with Gasteiger partial charge in [0.15, 0.2) is 0 Å². The lowest BCUT2D eigenvalue weighted by molar-refractivity contribution is -0.253. The number of hydrogen-bond donors (Lipinski definition) is 0. The lowest BCUT2D eigenvalue weighted by atomic mass is 9.32. The summed E-state index contributed by atoms with van der Waals surface area (Å²) in [5.74, 6) is 0. The Morgan fingerprint density at radius 2 is 1.08 bits per heavy atom. The van der Waals surface area contributed by atoms with Crippen molar-refractivity contribution in [2.24, 2.45) is 26.7 Å². The number of fused-ring (bicyclic) bond motifs is 1. The average Bonchev–Trinajstić information content (AvgIpc) is 2.21. The predicted octanol–water partition coefficient (Wildman–Crippen LogP) is 6.74. The van der Waals surface area contributed by atoms with Crippen molar-refractivity contribution in [1.29, 1.82) is 0 Å². The van der Waals surface area contributed by atoms with Crippen molar-refractivity contribution in [2.75, 3.05) is 0 Å². The van der Waals surface area contributed by atoms with E-state index in [4.69, 9.17) is 0 Å². The minimum absolute atomic E-state index is 0.178. The van der Waals surface area contributed by atoms with E-state index in [1.807, 2.05) is 0 Å². The molecule has 1 heterocycles. The van der Waals surface area contributed by atoms with Gasteiger partial charge in [-0.1, -0.05) is 62.3 Å². The number of hydrogen-bond acceptors (Lipinski definition) is 1. The predicted molar refractivity (Wildman–Crippen MR) is 90.1 cm³/mol. The topological polar surface area (TPSA) is 12.4 Å². The lowest BCUT2D eigenvalue weighted by Gasteiger charge is -2.74. The number of rotatable bonds is 0. The maximum Gasteiger partial charge on any atom is 0.419 e. The van der Waals surface area contributed by atoms with Crippen molar-refractivity contribution in [3.8, 4) is 0 Å². The van der Waals surface area contributed by atoms with Crippen LogP contribution >= 0.6 is 0 Å². The molecule has 0 radical (unpaired) electrons.